The highest BCUT2D eigenvalue weighted by Crippen LogP contribution is 2.28. The predicted molar refractivity (Wildman–Crippen MR) is 97.7 cm³/mol. The molecule has 0 aliphatic carbocycles. The van der Waals surface area contributed by atoms with Gasteiger partial charge in [0.25, 0.3) is 0 Å². The Morgan fingerprint density at radius 1 is 1.16 bits per heavy atom. The molecular weight excluding hydrogens is 385 g/mol. The summed E-state index contributed by atoms with van der Waals surface area (Å²) in [4.78, 5) is 0. The molecule has 3 rings (SSSR count). The molecule has 1 heterocycles. The van der Waals surface area contributed by atoms with Crippen LogP contribution in [0, 0.1) is 12.7 Å². The van der Waals surface area contributed by atoms with Crippen LogP contribution < -0.4 is 4.72 Å². The van der Waals surface area contributed by atoms with E-state index in [0.29, 0.717) is 5.01 Å². The van der Waals surface area contributed by atoms with Crippen LogP contribution in [0.15, 0.2) is 42.5 Å². The minimum absolute atomic E-state index is 0.0583. The van der Waals surface area contributed by atoms with Crippen LogP contribution in [-0.2, 0) is 15.8 Å². The van der Waals surface area contributed by atoms with Crippen molar-refractivity contribution in [3.8, 4) is 10.6 Å². The molecule has 0 fully saturated rings. The maximum absolute atomic E-state index is 13.8. The molecule has 1 aromatic heterocycles. The van der Waals surface area contributed by atoms with Crippen LogP contribution >= 0.6 is 22.9 Å². The third-order valence-electron chi connectivity index (χ3n) is 3.36. The summed E-state index contributed by atoms with van der Waals surface area (Å²) < 4.78 is 40.6. The number of aryl methyl sites for hydroxylation is 1. The van der Waals surface area contributed by atoms with Crippen molar-refractivity contribution < 1.29 is 12.8 Å². The maximum atomic E-state index is 13.8. The number of hydrogen-bond acceptors (Lipinski definition) is 5. The Morgan fingerprint density at radius 3 is 2.56 bits per heavy atom. The van der Waals surface area contributed by atoms with Crippen molar-refractivity contribution in [2.24, 2.45) is 0 Å². The first-order valence-corrected chi connectivity index (χ1v) is 10.0. The second-order valence-electron chi connectivity index (χ2n) is 5.34. The lowest BCUT2D eigenvalue weighted by atomic mass is 10.2. The Hall–Kier alpha value is -2.03. The lowest BCUT2D eigenvalue weighted by molar-refractivity contribution is 0.591. The Kier molecular flexibility index (Phi) is 5.03. The molecule has 0 radical (unpaired) electrons. The highest BCUT2D eigenvalue weighted by atomic mass is 35.5. The van der Waals surface area contributed by atoms with Gasteiger partial charge in [-0.25, -0.2) is 12.8 Å². The highest BCUT2D eigenvalue weighted by molar-refractivity contribution is 7.92. The number of sulfonamides is 1. The Bertz CT molecular complexity index is 984. The van der Waals surface area contributed by atoms with E-state index in [1.165, 1.54) is 12.1 Å². The van der Waals surface area contributed by atoms with Crippen molar-refractivity contribution in [2.45, 2.75) is 12.7 Å². The molecule has 0 saturated heterocycles. The summed E-state index contributed by atoms with van der Waals surface area (Å²) in [6.45, 7) is 1.97. The minimum Gasteiger partial charge on any atom is -0.257 e. The van der Waals surface area contributed by atoms with Crippen LogP contribution in [0.1, 0.15) is 11.1 Å². The van der Waals surface area contributed by atoms with Gasteiger partial charge < -0.3 is 0 Å². The van der Waals surface area contributed by atoms with E-state index >= 15 is 0 Å². The minimum atomic E-state index is -3.87. The number of hydrogen-bond donors (Lipinski definition) is 1. The number of halogens is 2. The topological polar surface area (TPSA) is 72.0 Å². The summed E-state index contributed by atoms with van der Waals surface area (Å²) in [6, 6.07) is 11.6. The molecule has 0 unspecified atom stereocenters. The fraction of sp³-hybridized carbons (Fsp3) is 0.125. The molecule has 0 aliphatic rings. The van der Waals surface area contributed by atoms with E-state index in [1.54, 1.807) is 0 Å². The third-order valence-corrected chi connectivity index (χ3v) is 5.91. The van der Waals surface area contributed by atoms with Crippen LogP contribution in [0.2, 0.25) is 5.02 Å². The number of benzene rings is 2. The van der Waals surface area contributed by atoms with Gasteiger partial charge in [0.15, 0.2) is 0 Å². The van der Waals surface area contributed by atoms with Crippen LogP contribution in [0.4, 0.5) is 9.52 Å². The first-order chi connectivity index (χ1) is 11.8. The van der Waals surface area contributed by atoms with Gasteiger partial charge in [0, 0.05) is 16.1 Å². The van der Waals surface area contributed by atoms with Gasteiger partial charge in [-0.2, -0.15) is 0 Å². The van der Waals surface area contributed by atoms with Crippen molar-refractivity contribution >= 4 is 38.1 Å². The summed E-state index contributed by atoms with van der Waals surface area (Å²) in [7, 11) is -3.87. The molecule has 5 nitrogen and oxygen atoms in total. The van der Waals surface area contributed by atoms with E-state index in [2.05, 4.69) is 14.9 Å². The maximum Gasteiger partial charge on any atom is 0.238 e. The largest absolute Gasteiger partial charge is 0.257 e. The molecule has 0 spiro atoms. The Morgan fingerprint density at radius 2 is 1.88 bits per heavy atom. The van der Waals surface area contributed by atoms with Crippen molar-refractivity contribution in [1.82, 2.24) is 10.2 Å². The first kappa shape index (κ1) is 17.8. The molecule has 1 N–H and O–H groups in total. The molecule has 130 valence electrons. The summed E-state index contributed by atoms with van der Waals surface area (Å²) in [6.07, 6.45) is 0. The summed E-state index contributed by atoms with van der Waals surface area (Å²) in [5.74, 6) is -1.26. The number of anilines is 1. The molecule has 0 amide bonds. The van der Waals surface area contributed by atoms with Gasteiger partial charge in [-0.1, -0.05) is 58.8 Å². The zero-order chi connectivity index (χ0) is 18.0. The number of rotatable bonds is 5. The van der Waals surface area contributed by atoms with E-state index < -0.39 is 21.6 Å². The van der Waals surface area contributed by atoms with E-state index in [0.717, 1.165) is 28.5 Å². The van der Waals surface area contributed by atoms with Gasteiger partial charge in [-0.05, 0) is 19.1 Å². The van der Waals surface area contributed by atoms with E-state index in [4.69, 9.17) is 11.6 Å². The van der Waals surface area contributed by atoms with Gasteiger partial charge >= 0.3 is 0 Å². The van der Waals surface area contributed by atoms with Gasteiger partial charge in [-0.15, -0.1) is 10.2 Å². The van der Waals surface area contributed by atoms with Crippen LogP contribution in [0.3, 0.4) is 0 Å². The second-order valence-corrected chi connectivity index (χ2v) is 8.45. The average Bonchev–Trinajstić information content (AvgIpc) is 2.99. The van der Waals surface area contributed by atoms with Crippen LogP contribution in [-0.4, -0.2) is 18.6 Å². The fourth-order valence-corrected chi connectivity index (χ4v) is 4.62. The molecule has 0 bridgehead atoms. The summed E-state index contributed by atoms with van der Waals surface area (Å²) >= 11 is 6.98. The Balaban J connectivity index is 1.79. The summed E-state index contributed by atoms with van der Waals surface area (Å²) in [5, 5.41) is 8.58. The van der Waals surface area contributed by atoms with Gasteiger partial charge in [0.2, 0.25) is 15.2 Å². The van der Waals surface area contributed by atoms with E-state index in [-0.39, 0.29) is 15.7 Å². The highest BCUT2D eigenvalue weighted by Gasteiger charge is 2.19. The zero-order valence-corrected chi connectivity index (χ0v) is 15.4. The molecule has 0 atom stereocenters. The van der Waals surface area contributed by atoms with Crippen LogP contribution in [0.5, 0.6) is 0 Å². The fourth-order valence-electron chi connectivity index (χ4n) is 2.11. The van der Waals surface area contributed by atoms with E-state index in [1.807, 2.05) is 31.2 Å². The quantitative estimate of drug-likeness (QED) is 0.698. The van der Waals surface area contributed by atoms with Crippen molar-refractivity contribution in [1.29, 1.82) is 0 Å². The normalized spacial score (nSPS) is 11.5. The summed E-state index contributed by atoms with van der Waals surface area (Å²) in [5.41, 5.74) is 1.86. The first-order valence-electron chi connectivity index (χ1n) is 7.18. The van der Waals surface area contributed by atoms with Crippen molar-refractivity contribution in [3.05, 3.63) is 64.4 Å². The third kappa shape index (κ3) is 4.33. The van der Waals surface area contributed by atoms with Crippen molar-refractivity contribution in [2.75, 3.05) is 4.72 Å². The standard InChI is InChI=1S/C16H13ClFN3O2S2/c1-10-5-7-11(8-6-10)15-19-20-16(24-15)21-25(22,23)9-12-13(17)3-2-4-14(12)18/h2-8H,9H2,1H3,(H,20,21). The smallest absolute Gasteiger partial charge is 0.238 e. The van der Waals surface area contributed by atoms with Crippen molar-refractivity contribution in [3.63, 3.8) is 0 Å². The molecule has 2 aromatic carbocycles. The SMILES string of the molecule is Cc1ccc(-c2nnc(NS(=O)(=O)Cc3c(F)cccc3Cl)s2)cc1. The monoisotopic (exact) mass is 397 g/mol. The predicted octanol–water partition coefficient (Wildman–Crippen LogP) is 4.25. The molecule has 0 saturated carbocycles. The molecule has 25 heavy (non-hydrogen) atoms. The van der Waals surface area contributed by atoms with Crippen LogP contribution in [0.25, 0.3) is 10.6 Å². The zero-order valence-electron chi connectivity index (χ0n) is 13.0. The lowest BCUT2D eigenvalue weighted by Gasteiger charge is -2.07. The van der Waals surface area contributed by atoms with E-state index in [9.17, 15) is 12.8 Å². The molecular formula is C16H13ClFN3O2S2. The average molecular weight is 398 g/mol. The lowest BCUT2D eigenvalue weighted by Crippen LogP contribution is -2.16. The second kappa shape index (κ2) is 7.07. The number of nitrogens with zero attached hydrogens (tertiary/aromatic N) is 2. The van der Waals surface area contributed by atoms with Gasteiger partial charge in [0.05, 0.1) is 5.75 Å². The van der Waals surface area contributed by atoms with Gasteiger partial charge in [0.1, 0.15) is 10.8 Å². The molecule has 3 aromatic rings. The molecule has 0 aliphatic heterocycles. The molecule has 9 heteroatoms. The van der Waals surface area contributed by atoms with Gasteiger partial charge in [-0.3, -0.25) is 4.72 Å². The number of aromatic nitrogens is 2. The Labute approximate surface area is 153 Å². The number of nitrogens with one attached hydrogen (secondary N) is 1.